The summed E-state index contributed by atoms with van der Waals surface area (Å²) in [6.07, 6.45) is 3.68. The molecule has 1 N–H and O–H groups in total. The molecule has 0 amide bonds. The SMILES string of the molecule is CNCc1cnc(Sc2nc(C)cs2)nc1. The number of hydrogen-bond acceptors (Lipinski definition) is 6. The van der Waals surface area contributed by atoms with E-state index in [0.29, 0.717) is 0 Å². The molecule has 0 aliphatic carbocycles. The summed E-state index contributed by atoms with van der Waals surface area (Å²) in [5, 5.41) is 5.83. The lowest BCUT2D eigenvalue weighted by Crippen LogP contribution is -2.05. The quantitative estimate of drug-likeness (QED) is 0.845. The largest absolute Gasteiger partial charge is 0.316 e. The number of aryl methyl sites for hydroxylation is 1. The Morgan fingerprint density at radius 1 is 1.38 bits per heavy atom. The first-order valence-electron chi connectivity index (χ1n) is 4.83. The van der Waals surface area contributed by atoms with Gasteiger partial charge in [-0.3, -0.25) is 0 Å². The molecule has 16 heavy (non-hydrogen) atoms. The van der Waals surface area contributed by atoms with Gasteiger partial charge in [0.05, 0.1) is 0 Å². The maximum Gasteiger partial charge on any atom is 0.194 e. The zero-order chi connectivity index (χ0) is 11.4. The Hall–Kier alpha value is -0.980. The molecule has 2 heterocycles. The van der Waals surface area contributed by atoms with E-state index >= 15 is 0 Å². The Morgan fingerprint density at radius 3 is 2.69 bits per heavy atom. The van der Waals surface area contributed by atoms with Crippen molar-refractivity contribution in [3.05, 3.63) is 29.0 Å². The fourth-order valence-electron chi connectivity index (χ4n) is 1.15. The highest BCUT2D eigenvalue weighted by atomic mass is 32.2. The van der Waals surface area contributed by atoms with Gasteiger partial charge in [0.25, 0.3) is 0 Å². The van der Waals surface area contributed by atoms with Gasteiger partial charge in [-0.1, -0.05) is 0 Å². The molecular formula is C10H12N4S2. The predicted molar refractivity (Wildman–Crippen MR) is 65.8 cm³/mol. The van der Waals surface area contributed by atoms with E-state index in [1.165, 1.54) is 11.8 Å². The van der Waals surface area contributed by atoms with Gasteiger partial charge in [0.2, 0.25) is 0 Å². The number of hydrogen-bond donors (Lipinski definition) is 1. The normalized spacial score (nSPS) is 10.6. The Balaban J connectivity index is 2.05. The first kappa shape index (κ1) is 11.5. The highest BCUT2D eigenvalue weighted by Gasteiger charge is 2.04. The maximum absolute atomic E-state index is 4.35. The minimum atomic E-state index is 0.745. The van der Waals surface area contributed by atoms with Gasteiger partial charge in [-0.05, 0) is 25.7 Å². The minimum absolute atomic E-state index is 0.745. The van der Waals surface area contributed by atoms with Gasteiger partial charge >= 0.3 is 0 Å². The third-order valence-corrected chi connectivity index (χ3v) is 3.79. The van der Waals surface area contributed by atoms with E-state index in [1.54, 1.807) is 11.3 Å². The van der Waals surface area contributed by atoms with Crippen LogP contribution >= 0.6 is 23.1 Å². The van der Waals surface area contributed by atoms with Crippen molar-refractivity contribution in [3.63, 3.8) is 0 Å². The molecule has 0 atom stereocenters. The zero-order valence-electron chi connectivity index (χ0n) is 9.10. The van der Waals surface area contributed by atoms with Crippen LogP contribution in [0.2, 0.25) is 0 Å². The first-order valence-corrected chi connectivity index (χ1v) is 6.53. The van der Waals surface area contributed by atoms with E-state index in [1.807, 2.05) is 31.7 Å². The molecule has 0 aliphatic rings. The molecule has 0 unspecified atom stereocenters. The summed E-state index contributed by atoms with van der Waals surface area (Å²) >= 11 is 3.12. The van der Waals surface area contributed by atoms with Crippen molar-refractivity contribution in [3.8, 4) is 0 Å². The summed E-state index contributed by atoms with van der Waals surface area (Å²) in [7, 11) is 1.90. The second-order valence-corrected chi connectivity index (χ2v) is 5.33. The molecular weight excluding hydrogens is 240 g/mol. The van der Waals surface area contributed by atoms with Crippen molar-refractivity contribution in [2.45, 2.75) is 23.0 Å². The summed E-state index contributed by atoms with van der Waals surface area (Å²) in [5.74, 6) is 0. The summed E-state index contributed by atoms with van der Waals surface area (Å²) in [4.78, 5) is 12.9. The average molecular weight is 252 g/mol. The van der Waals surface area contributed by atoms with Gasteiger partial charge in [-0.25, -0.2) is 15.0 Å². The van der Waals surface area contributed by atoms with E-state index in [9.17, 15) is 0 Å². The second-order valence-electron chi connectivity index (χ2n) is 3.26. The second kappa shape index (κ2) is 5.38. The highest BCUT2D eigenvalue weighted by molar-refractivity contribution is 8.00. The van der Waals surface area contributed by atoms with E-state index in [2.05, 4.69) is 20.3 Å². The van der Waals surface area contributed by atoms with Gasteiger partial charge in [-0.2, -0.15) is 0 Å². The predicted octanol–water partition coefficient (Wildman–Crippen LogP) is 2.11. The van der Waals surface area contributed by atoms with Crippen LogP contribution in [0.4, 0.5) is 0 Å². The highest BCUT2D eigenvalue weighted by Crippen LogP contribution is 2.27. The molecule has 2 aromatic heterocycles. The lowest BCUT2D eigenvalue weighted by Gasteiger charge is -1.99. The third kappa shape index (κ3) is 3.01. The van der Waals surface area contributed by atoms with Crippen molar-refractivity contribution in [2.75, 3.05) is 7.05 Å². The summed E-state index contributed by atoms with van der Waals surface area (Å²) < 4.78 is 0.985. The van der Waals surface area contributed by atoms with Gasteiger partial charge in [0.1, 0.15) is 0 Å². The Bertz CT molecular complexity index is 452. The van der Waals surface area contributed by atoms with Crippen molar-refractivity contribution >= 4 is 23.1 Å². The average Bonchev–Trinajstić information content (AvgIpc) is 2.67. The molecule has 0 bridgehead atoms. The maximum atomic E-state index is 4.35. The third-order valence-electron chi connectivity index (χ3n) is 1.84. The molecule has 0 aliphatic heterocycles. The van der Waals surface area contributed by atoms with E-state index < -0.39 is 0 Å². The van der Waals surface area contributed by atoms with Crippen LogP contribution in [0.5, 0.6) is 0 Å². The van der Waals surface area contributed by atoms with Gasteiger partial charge < -0.3 is 5.32 Å². The van der Waals surface area contributed by atoms with Gasteiger partial charge in [0.15, 0.2) is 9.50 Å². The number of thiazole rings is 1. The van der Waals surface area contributed by atoms with Gasteiger partial charge in [0, 0.05) is 35.6 Å². The van der Waals surface area contributed by atoms with Crippen molar-refractivity contribution in [1.82, 2.24) is 20.3 Å². The topological polar surface area (TPSA) is 50.7 Å². The zero-order valence-corrected chi connectivity index (χ0v) is 10.7. The van der Waals surface area contributed by atoms with Crippen molar-refractivity contribution in [2.24, 2.45) is 0 Å². The van der Waals surface area contributed by atoms with Crippen LogP contribution in [0.3, 0.4) is 0 Å². The molecule has 84 valence electrons. The molecule has 0 radical (unpaired) electrons. The molecule has 2 aromatic rings. The summed E-state index contributed by atoms with van der Waals surface area (Å²) in [6.45, 7) is 2.78. The lowest BCUT2D eigenvalue weighted by molar-refractivity contribution is 0.793. The fraction of sp³-hybridized carbons (Fsp3) is 0.300. The molecule has 2 rings (SSSR count). The fourth-order valence-corrected chi connectivity index (χ4v) is 2.79. The molecule has 0 saturated heterocycles. The molecule has 0 fully saturated rings. The van der Waals surface area contributed by atoms with Crippen LogP contribution in [0.15, 0.2) is 27.3 Å². The molecule has 0 aromatic carbocycles. The lowest BCUT2D eigenvalue weighted by atomic mass is 10.3. The number of nitrogens with one attached hydrogen (secondary N) is 1. The Morgan fingerprint density at radius 2 is 2.12 bits per heavy atom. The summed E-state index contributed by atoms with van der Waals surface area (Å²) in [5.41, 5.74) is 2.13. The van der Waals surface area contributed by atoms with Crippen LogP contribution in [-0.4, -0.2) is 22.0 Å². The standard InChI is InChI=1S/C10H12N4S2/c1-7-6-15-10(14-7)16-9-12-4-8(3-11-2)5-13-9/h4-6,11H,3H2,1-2H3. The molecule has 6 heteroatoms. The van der Waals surface area contributed by atoms with E-state index in [-0.39, 0.29) is 0 Å². The van der Waals surface area contributed by atoms with Crippen LogP contribution in [-0.2, 0) is 6.54 Å². The van der Waals surface area contributed by atoms with Crippen LogP contribution in [0.1, 0.15) is 11.3 Å². The number of rotatable bonds is 4. The van der Waals surface area contributed by atoms with Gasteiger partial charge in [-0.15, -0.1) is 11.3 Å². The molecule has 0 saturated carbocycles. The smallest absolute Gasteiger partial charge is 0.194 e. The van der Waals surface area contributed by atoms with E-state index in [4.69, 9.17) is 0 Å². The Kier molecular flexibility index (Phi) is 3.87. The minimum Gasteiger partial charge on any atom is -0.316 e. The van der Waals surface area contributed by atoms with E-state index in [0.717, 1.165) is 27.3 Å². The van der Waals surface area contributed by atoms with Crippen LogP contribution in [0, 0.1) is 6.92 Å². The molecule has 0 spiro atoms. The number of nitrogens with zero attached hydrogens (tertiary/aromatic N) is 3. The van der Waals surface area contributed by atoms with Crippen LogP contribution in [0.25, 0.3) is 0 Å². The summed E-state index contributed by atoms with van der Waals surface area (Å²) in [6, 6.07) is 0. The number of aromatic nitrogens is 3. The van der Waals surface area contributed by atoms with Crippen molar-refractivity contribution < 1.29 is 0 Å². The Labute approximate surface area is 103 Å². The molecule has 4 nitrogen and oxygen atoms in total. The van der Waals surface area contributed by atoms with Crippen LogP contribution < -0.4 is 5.32 Å². The monoisotopic (exact) mass is 252 g/mol. The first-order chi connectivity index (χ1) is 7.78. The van der Waals surface area contributed by atoms with Crippen molar-refractivity contribution in [1.29, 1.82) is 0 Å².